The van der Waals surface area contributed by atoms with Gasteiger partial charge in [0, 0.05) is 12.2 Å². The van der Waals surface area contributed by atoms with Gasteiger partial charge >= 0.3 is 6.18 Å². The molecule has 5 nitrogen and oxygen atoms in total. The summed E-state index contributed by atoms with van der Waals surface area (Å²) >= 11 is 0.994. The van der Waals surface area contributed by atoms with Crippen LogP contribution in [-0.4, -0.2) is 30.9 Å². The molecule has 0 unspecified atom stereocenters. The zero-order valence-electron chi connectivity index (χ0n) is 9.07. The second kappa shape index (κ2) is 5.01. The molecule has 0 aliphatic heterocycles. The molecule has 0 saturated heterocycles. The number of hydrogen-bond acceptors (Lipinski definition) is 4. The van der Waals surface area contributed by atoms with Gasteiger partial charge in [0.25, 0.3) is 5.56 Å². The average molecular weight is 278 g/mol. The first-order valence-electron chi connectivity index (χ1n) is 5.08. The summed E-state index contributed by atoms with van der Waals surface area (Å²) in [6, 6.07) is 0. The van der Waals surface area contributed by atoms with Gasteiger partial charge in [-0.2, -0.15) is 13.2 Å². The summed E-state index contributed by atoms with van der Waals surface area (Å²) < 4.78 is 37.0. The van der Waals surface area contributed by atoms with E-state index in [9.17, 15) is 18.0 Å². The monoisotopic (exact) mass is 278 g/mol. The van der Waals surface area contributed by atoms with E-state index in [1.807, 2.05) is 0 Å². The topological polar surface area (TPSA) is 63.6 Å². The van der Waals surface area contributed by atoms with Crippen LogP contribution >= 0.6 is 11.9 Å². The lowest BCUT2D eigenvalue weighted by molar-refractivity contribution is -0.134. The summed E-state index contributed by atoms with van der Waals surface area (Å²) in [6.07, 6.45) is -2.43. The molecule has 18 heavy (non-hydrogen) atoms. The number of hydrogen-bond donors (Lipinski definition) is 1. The molecule has 2 heterocycles. The average Bonchev–Trinajstić information content (AvgIpc) is 2.74. The van der Waals surface area contributed by atoms with E-state index in [0.29, 0.717) is 5.65 Å². The van der Waals surface area contributed by atoms with Gasteiger partial charge in [-0.15, -0.1) is 0 Å². The molecule has 98 valence electrons. The Hall–Kier alpha value is -1.51. The number of imidazole rings is 1. The first-order chi connectivity index (χ1) is 8.47. The van der Waals surface area contributed by atoms with Crippen LogP contribution in [0.25, 0.3) is 11.2 Å². The summed E-state index contributed by atoms with van der Waals surface area (Å²) in [6.45, 7) is 0. The van der Waals surface area contributed by atoms with Crippen LogP contribution in [0.15, 0.2) is 17.4 Å². The Kier molecular flexibility index (Phi) is 3.60. The molecular weight excluding hydrogens is 269 g/mol. The fraction of sp³-hybridized carbons (Fsp3) is 0.444. The Labute approximate surface area is 104 Å². The molecule has 2 aromatic rings. The highest BCUT2D eigenvalue weighted by molar-refractivity contribution is 7.97. The second-order valence-corrected chi connectivity index (χ2v) is 4.59. The van der Waals surface area contributed by atoms with Gasteiger partial charge in [-0.3, -0.25) is 4.79 Å². The predicted molar refractivity (Wildman–Crippen MR) is 61.3 cm³/mol. The van der Waals surface area contributed by atoms with Crippen molar-refractivity contribution >= 4 is 23.1 Å². The van der Waals surface area contributed by atoms with Gasteiger partial charge in [0.15, 0.2) is 11.2 Å². The highest BCUT2D eigenvalue weighted by Gasteiger charge is 2.25. The molecular formula is C9H9F3N4OS. The van der Waals surface area contributed by atoms with Crippen molar-refractivity contribution in [1.29, 1.82) is 0 Å². The van der Waals surface area contributed by atoms with Crippen LogP contribution in [0, 0.1) is 0 Å². The van der Waals surface area contributed by atoms with Crippen LogP contribution in [0.1, 0.15) is 12.8 Å². The molecule has 1 N–H and O–H groups in total. The zero-order valence-corrected chi connectivity index (χ0v) is 9.88. The summed E-state index contributed by atoms with van der Waals surface area (Å²) in [5.41, 5.74) is 0.172. The molecule has 0 radical (unpaired) electrons. The van der Waals surface area contributed by atoms with Gasteiger partial charge in [0.1, 0.15) is 6.33 Å². The highest BCUT2D eigenvalue weighted by atomic mass is 32.2. The third-order valence-electron chi connectivity index (χ3n) is 2.15. The molecule has 0 fully saturated rings. The van der Waals surface area contributed by atoms with Crippen LogP contribution in [0.4, 0.5) is 13.2 Å². The van der Waals surface area contributed by atoms with E-state index in [4.69, 9.17) is 0 Å². The van der Waals surface area contributed by atoms with Gasteiger partial charge in [-0.1, -0.05) is 0 Å². The first-order valence-corrected chi connectivity index (χ1v) is 6.02. The number of nitrogens with one attached hydrogen (secondary N) is 1. The Balaban J connectivity index is 2.00. The molecule has 2 rings (SSSR count). The largest absolute Gasteiger partial charge is 0.389 e. The molecule has 2 aromatic heterocycles. The Morgan fingerprint density at radius 2 is 2.17 bits per heavy atom. The van der Waals surface area contributed by atoms with Crippen LogP contribution in [0.3, 0.4) is 0 Å². The number of rotatable bonds is 4. The number of fused-ring (bicyclic) bond motifs is 1. The number of aromatic amines is 1. The van der Waals surface area contributed by atoms with E-state index in [-0.39, 0.29) is 23.2 Å². The van der Waals surface area contributed by atoms with E-state index in [2.05, 4.69) is 15.0 Å². The maximum absolute atomic E-state index is 11.9. The Morgan fingerprint density at radius 3 is 2.89 bits per heavy atom. The summed E-state index contributed by atoms with van der Waals surface area (Å²) in [4.78, 5) is 22.2. The number of aromatic nitrogens is 4. The van der Waals surface area contributed by atoms with E-state index < -0.39 is 12.6 Å². The van der Waals surface area contributed by atoms with Crippen molar-refractivity contribution in [2.45, 2.75) is 19.0 Å². The number of nitrogens with zero attached hydrogens (tertiary/aromatic N) is 3. The maximum Gasteiger partial charge on any atom is 0.389 e. The maximum atomic E-state index is 11.9. The van der Waals surface area contributed by atoms with Gasteiger partial charge in [-0.25, -0.2) is 13.9 Å². The second-order valence-electron chi connectivity index (χ2n) is 3.53. The third kappa shape index (κ3) is 3.03. The standard InChI is InChI=1S/C9H9F3N4OS/c10-9(11,12)2-1-3-18-16-5-15-7-6(8(16)17)13-4-14-7/h4-5H,1-3H2,(H,13,14). The van der Waals surface area contributed by atoms with Crippen LogP contribution < -0.4 is 5.56 Å². The number of alkyl halides is 3. The van der Waals surface area contributed by atoms with Crippen LogP contribution in [0.2, 0.25) is 0 Å². The lowest BCUT2D eigenvalue weighted by atomic mass is 10.3. The molecule has 0 amide bonds. The molecule has 0 saturated carbocycles. The highest BCUT2D eigenvalue weighted by Crippen LogP contribution is 2.22. The van der Waals surface area contributed by atoms with Crippen molar-refractivity contribution in [1.82, 2.24) is 18.9 Å². The zero-order chi connectivity index (χ0) is 13.2. The van der Waals surface area contributed by atoms with Crippen molar-refractivity contribution in [2.24, 2.45) is 0 Å². The normalized spacial score (nSPS) is 12.2. The van der Waals surface area contributed by atoms with Crippen molar-refractivity contribution in [3.63, 3.8) is 0 Å². The van der Waals surface area contributed by atoms with Gasteiger partial charge in [0.2, 0.25) is 0 Å². The Morgan fingerprint density at radius 1 is 1.39 bits per heavy atom. The van der Waals surface area contributed by atoms with Crippen molar-refractivity contribution in [2.75, 3.05) is 5.75 Å². The Bertz CT molecular complexity index is 591. The predicted octanol–water partition coefficient (Wildman–Crippen LogP) is 1.96. The molecule has 0 aromatic carbocycles. The number of halogens is 3. The van der Waals surface area contributed by atoms with Gasteiger partial charge in [0.05, 0.1) is 6.33 Å². The van der Waals surface area contributed by atoms with Crippen molar-refractivity contribution in [3.05, 3.63) is 23.0 Å². The van der Waals surface area contributed by atoms with Crippen molar-refractivity contribution in [3.8, 4) is 0 Å². The van der Waals surface area contributed by atoms with Gasteiger partial charge in [-0.05, 0) is 18.4 Å². The first kappa shape index (κ1) is 12.9. The van der Waals surface area contributed by atoms with E-state index in [1.165, 1.54) is 16.6 Å². The van der Waals surface area contributed by atoms with Crippen molar-refractivity contribution < 1.29 is 13.2 Å². The molecule has 0 aliphatic rings. The fourth-order valence-electron chi connectivity index (χ4n) is 1.34. The van der Waals surface area contributed by atoms with E-state index in [0.717, 1.165) is 11.9 Å². The number of H-pyrrole nitrogens is 1. The lowest BCUT2D eigenvalue weighted by Crippen LogP contribution is -2.16. The fourth-order valence-corrected chi connectivity index (χ4v) is 2.12. The van der Waals surface area contributed by atoms with E-state index in [1.54, 1.807) is 0 Å². The third-order valence-corrected chi connectivity index (χ3v) is 3.16. The van der Waals surface area contributed by atoms with Crippen LogP contribution in [0.5, 0.6) is 0 Å². The minimum absolute atomic E-state index is 0.0425. The molecule has 0 bridgehead atoms. The molecule has 0 atom stereocenters. The van der Waals surface area contributed by atoms with Crippen LogP contribution in [-0.2, 0) is 0 Å². The quantitative estimate of drug-likeness (QED) is 0.868. The summed E-state index contributed by atoms with van der Waals surface area (Å²) in [5.74, 6) is 0.191. The summed E-state index contributed by atoms with van der Waals surface area (Å²) in [5, 5.41) is 0. The summed E-state index contributed by atoms with van der Waals surface area (Å²) in [7, 11) is 0. The minimum atomic E-state index is -4.16. The molecule has 0 aliphatic carbocycles. The minimum Gasteiger partial charge on any atom is -0.329 e. The van der Waals surface area contributed by atoms with Gasteiger partial charge < -0.3 is 4.98 Å². The smallest absolute Gasteiger partial charge is 0.329 e. The van der Waals surface area contributed by atoms with E-state index >= 15 is 0 Å². The SMILES string of the molecule is O=c1c2nc[nH]c2ncn1SCCCC(F)(F)F. The molecule has 9 heteroatoms. The molecule has 0 spiro atoms. The lowest BCUT2D eigenvalue weighted by Gasteiger charge is -2.06.